The second kappa shape index (κ2) is 11.3. The van der Waals surface area contributed by atoms with Crippen LogP contribution in [0.2, 0.25) is 0 Å². The number of sulfonamides is 1. The van der Waals surface area contributed by atoms with Crippen LogP contribution in [0.25, 0.3) is 0 Å². The Balaban J connectivity index is 1.22. The summed E-state index contributed by atoms with van der Waals surface area (Å²) in [6.07, 6.45) is 0. The summed E-state index contributed by atoms with van der Waals surface area (Å²) in [7, 11) is -3.88. The summed E-state index contributed by atoms with van der Waals surface area (Å²) in [5, 5.41) is 2.63. The molecule has 4 aromatic carbocycles. The second-order valence-corrected chi connectivity index (χ2v) is 11.6. The lowest BCUT2D eigenvalue weighted by Gasteiger charge is -2.24. The third kappa shape index (κ3) is 6.30. The molecule has 0 aliphatic carbocycles. The zero-order valence-electron chi connectivity index (χ0n) is 20.6. The SMILES string of the molecule is O=C(Nc1ccc(S(=O)(=O)Nc2ccc(F)cc2)cc1)c1ccc(C2SCC(=O)N2Cc2ccccc2)cc1. The standard InChI is InChI=1S/C29H24FN3O4S2/c30-23-10-12-25(13-11-23)32-39(36,37)26-16-14-24(15-17-26)31-28(35)21-6-8-22(9-7-21)29-33(27(34)19-38-29)18-20-4-2-1-3-5-20/h1-17,29,32H,18-19H2,(H,31,35). The minimum Gasteiger partial charge on any atom is -0.322 e. The van der Waals surface area contributed by atoms with Gasteiger partial charge in [0.15, 0.2) is 0 Å². The summed E-state index contributed by atoms with van der Waals surface area (Å²) >= 11 is 1.56. The van der Waals surface area contributed by atoms with E-state index in [4.69, 9.17) is 0 Å². The van der Waals surface area contributed by atoms with Crippen LogP contribution in [0.1, 0.15) is 26.9 Å². The maximum absolute atomic E-state index is 13.1. The average Bonchev–Trinajstić information content (AvgIpc) is 3.30. The number of thioether (sulfide) groups is 1. The summed E-state index contributed by atoms with van der Waals surface area (Å²) in [6, 6.07) is 27.7. The molecule has 0 saturated carbocycles. The Labute approximate surface area is 230 Å². The number of anilines is 2. The van der Waals surface area contributed by atoms with Crippen molar-refractivity contribution >= 4 is 45.0 Å². The maximum Gasteiger partial charge on any atom is 0.261 e. The van der Waals surface area contributed by atoms with Gasteiger partial charge < -0.3 is 10.2 Å². The number of amides is 2. The number of rotatable bonds is 8. The minimum absolute atomic E-state index is 0.00200. The van der Waals surface area contributed by atoms with E-state index >= 15 is 0 Å². The molecular weight excluding hydrogens is 537 g/mol. The summed E-state index contributed by atoms with van der Waals surface area (Å²) in [5.74, 6) is -0.331. The van der Waals surface area contributed by atoms with Gasteiger partial charge in [-0.2, -0.15) is 0 Å². The summed E-state index contributed by atoms with van der Waals surface area (Å²) in [5.41, 5.74) is 3.08. The van der Waals surface area contributed by atoms with E-state index in [1.165, 1.54) is 36.4 Å². The van der Waals surface area contributed by atoms with Gasteiger partial charge in [0.1, 0.15) is 11.2 Å². The molecule has 5 rings (SSSR count). The highest BCUT2D eigenvalue weighted by Gasteiger charge is 2.32. The fourth-order valence-electron chi connectivity index (χ4n) is 4.13. The quantitative estimate of drug-likeness (QED) is 0.290. The minimum atomic E-state index is -3.88. The Kier molecular flexibility index (Phi) is 7.67. The van der Waals surface area contributed by atoms with E-state index in [9.17, 15) is 22.4 Å². The second-order valence-electron chi connectivity index (χ2n) is 8.88. The summed E-state index contributed by atoms with van der Waals surface area (Å²) in [4.78, 5) is 27.2. The summed E-state index contributed by atoms with van der Waals surface area (Å²) in [6.45, 7) is 0.519. The van der Waals surface area contributed by atoms with Gasteiger partial charge in [0.25, 0.3) is 15.9 Å². The molecule has 0 radical (unpaired) electrons. The number of hydrogen-bond acceptors (Lipinski definition) is 5. The van der Waals surface area contributed by atoms with Crippen molar-refractivity contribution in [1.82, 2.24) is 4.90 Å². The fraction of sp³-hybridized carbons (Fsp3) is 0.103. The molecule has 1 aliphatic heterocycles. The lowest BCUT2D eigenvalue weighted by Crippen LogP contribution is -2.27. The van der Waals surface area contributed by atoms with Gasteiger partial charge in [-0.25, -0.2) is 12.8 Å². The Morgan fingerprint density at radius 1 is 0.872 bits per heavy atom. The molecule has 39 heavy (non-hydrogen) atoms. The van der Waals surface area contributed by atoms with E-state index < -0.39 is 15.8 Å². The molecule has 2 N–H and O–H groups in total. The van der Waals surface area contributed by atoms with E-state index in [1.807, 2.05) is 47.4 Å². The first-order valence-electron chi connectivity index (χ1n) is 12.0. The van der Waals surface area contributed by atoms with Crippen LogP contribution in [0.3, 0.4) is 0 Å². The first-order valence-corrected chi connectivity index (χ1v) is 14.6. The zero-order chi connectivity index (χ0) is 27.4. The van der Waals surface area contributed by atoms with Crippen molar-refractivity contribution in [2.24, 2.45) is 0 Å². The Morgan fingerprint density at radius 3 is 2.18 bits per heavy atom. The zero-order valence-corrected chi connectivity index (χ0v) is 22.2. The van der Waals surface area contributed by atoms with Crippen molar-refractivity contribution in [2.75, 3.05) is 15.8 Å². The van der Waals surface area contributed by atoms with Crippen molar-refractivity contribution in [3.63, 3.8) is 0 Å². The van der Waals surface area contributed by atoms with Crippen LogP contribution in [-0.4, -0.2) is 30.9 Å². The largest absolute Gasteiger partial charge is 0.322 e. The van der Waals surface area contributed by atoms with Crippen LogP contribution in [0.15, 0.2) is 108 Å². The molecule has 0 bridgehead atoms. The van der Waals surface area contributed by atoms with Gasteiger partial charge in [0.05, 0.1) is 10.6 Å². The van der Waals surface area contributed by atoms with E-state index in [2.05, 4.69) is 10.0 Å². The van der Waals surface area contributed by atoms with Gasteiger partial charge >= 0.3 is 0 Å². The lowest BCUT2D eigenvalue weighted by atomic mass is 10.1. The number of hydrogen-bond donors (Lipinski definition) is 2. The third-order valence-electron chi connectivity index (χ3n) is 6.14. The maximum atomic E-state index is 13.1. The van der Waals surface area contributed by atoms with Crippen molar-refractivity contribution < 1.29 is 22.4 Å². The monoisotopic (exact) mass is 561 g/mol. The molecule has 198 valence electrons. The van der Waals surface area contributed by atoms with Crippen molar-refractivity contribution in [1.29, 1.82) is 0 Å². The highest BCUT2D eigenvalue weighted by Crippen LogP contribution is 2.39. The molecule has 0 aromatic heterocycles. The van der Waals surface area contributed by atoms with Crippen molar-refractivity contribution in [2.45, 2.75) is 16.8 Å². The molecule has 1 heterocycles. The molecule has 2 amide bonds. The van der Waals surface area contributed by atoms with Crippen LogP contribution >= 0.6 is 11.8 Å². The van der Waals surface area contributed by atoms with Crippen LogP contribution in [0.5, 0.6) is 0 Å². The molecule has 10 heteroatoms. The van der Waals surface area contributed by atoms with Gasteiger partial charge in [0, 0.05) is 23.5 Å². The molecule has 0 spiro atoms. The average molecular weight is 562 g/mol. The molecule has 1 saturated heterocycles. The van der Waals surface area contributed by atoms with E-state index in [0.717, 1.165) is 23.3 Å². The number of benzene rings is 4. The molecule has 1 fully saturated rings. The van der Waals surface area contributed by atoms with Gasteiger partial charge in [-0.3, -0.25) is 14.3 Å². The van der Waals surface area contributed by atoms with Gasteiger partial charge in [0.2, 0.25) is 5.91 Å². The molecule has 1 unspecified atom stereocenters. The van der Waals surface area contributed by atoms with Crippen LogP contribution in [0, 0.1) is 5.82 Å². The van der Waals surface area contributed by atoms with E-state index in [0.29, 0.717) is 23.5 Å². The van der Waals surface area contributed by atoms with Crippen LogP contribution in [-0.2, 0) is 21.4 Å². The van der Waals surface area contributed by atoms with E-state index in [-0.39, 0.29) is 27.8 Å². The number of nitrogens with zero attached hydrogens (tertiary/aromatic N) is 1. The van der Waals surface area contributed by atoms with Crippen LogP contribution < -0.4 is 10.0 Å². The summed E-state index contributed by atoms with van der Waals surface area (Å²) < 4.78 is 40.7. The molecule has 1 aliphatic rings. The predicted molar refractivity (Wildman–Crippen MR) is 150 cm³/mol. The fourth-order valence-corrected chi connectivity index (χ4v) is 6.38. The molecular formula is C29H24FN3O4S2. The van der Waals surface area contributed by atoms with Gasteiger partial charge in [-0.1, -0.05) is 42.5 Å². The van der Waals surface area contributed by atoms with E-state index in [1.54, 1.807) is 23.9 Å². The molecule has 7 nitrogen and oxygen atoms in total. The topological polar surface area (TPSA) is 95.6 Å². The number of carbonyl (C=O) groups excluding carboxylic acids is 2. The van der Waals surface area contributed by atoms with Gasteiger partial charge in [-0.15, -0.1) is 11.8 Å². The lowest BCUT2D eigenvalue weighted by molar-refractivity contribution is -0.128. The molecule has 1 atom stereocenters. The van der Waals surface area contributed by atoms with Gasteiger partial charge in [-0.05, 0) is 71.8 Å². The first-order chi connectivity index (χ1) is 18.8. The number of carbonyl (C=O) groups is 2. The Bertz CT molecular complexity index is 1580. The smallest absolute Gasteiger partial charge is 0.261 e. The highest BCUT2D eigenvalue weighted by atomic mass is 32.2. The van der Waals surface area contributed by atoms with Crippen molar-refractivity contribution in [3.05, 3.63) is 126 Å². The normalized spacial score (nSPS) is 15.3. The van der Waals surface area contributed by atoms with Crippen molar-refractivity contribution in [3.8, 4) is 0 Å². The molecule has 4 aromatic rings. The van der Waals surface area contributed by atoms with Crippen LogP contribution in [0.4, 0.5) is 15.8 Å². The Hall–Kier alpha value is -4.15. The number of nitrogens with one attached hydrogen (secondary N) is 2. The highest BCUT2D eigenvalue weighted by molar-refractivity contribution is 8.00. The first kappa shape index (κ1) is 26.5. The Morgan fingerprint density at radius 2 is 1.51 bits per heavy atom. The third-order valence-corrected chi connectivity index (χ3v) is 8.79. The predicted octanol–water partition coefficient (Wildman–Crippen LogP) is 5.65. The number of halogens is 1.